The molecule has 0 N–H and O–H groups in total. The van der Waals surface area contributed by atoms with Gasteiger partial charge in [-0.1, -0.05) is 20.8 Å². The van der Waals surface area contributed by atoms with Gasteiger partial charge in [-0.15, -0.1) is 0 Å². The first-order chi connectivity index (χ1) is 14.1. The average Bonchev–Trinajstić information content (AvgIpc) is 3.01. The Morgan fingerprint density at radius 2 is 1.84 bits per heavy atom. The van der Waals surface area contributed by atoms with Gasteiger partial charge in [0.2, 0.25) is 6.04 Å². The van der Waals surface area contributed by atoms with Crippen molar-refractivity contribution in [3.05, 3.63) is 11.4 Å². The van der Waals surface area contributed by atoms with Crippen molar-refractivity contribution < 1.29 is 23.4 Å². The number of esters is 1. The van der Waals surface area contributed by atoms with E-state index in [4.69, 9.17) is 25.2 Å². The zero-order valence-corrected chi connectivity index (χ0v) is 22.0. The lowest BCUT2D eigenvalue weighted by molar-refractivity contribution is -0.183. The van der Waals surface area contributed by atoms with Crippen LogP contribution in [0.25, 0.3) is 4.85 Å². The van der Waals surface area contributed by atoms with E-state index in [1.54, 1.807) is 0 Å². The topological polar surface area (TPSA) is 58.4 Å². The second-order valence-electron chi connectivity index (χ2n) is 11.9. The minimum atomic E-state index is -1.97. The summed E-state index contributed by atoms with van der Waals surface area (Å²) < 4.78 is 25.2. The Balaban J connectivity index is 2.15. The summed E-state index contributed by atoms with van der Waals surface area (Å²) >= 11 is 0. The predicted molar refractivity (Wildman–Crippen MR) is 124 cm³/mol. The van der Waals surface area contributed by atoms with Crippen LogP contribution in [0.3, 0.4) is 0 Å². The van der Waals surface area contributed by atoms with Gasteiger partial charge in [-0.3, -0.25) is 4.79 Å². The molecule has 0 aromatic carbocycles. The van der Waals surface area contributed by atoms with Gasteiger partial charge in [-0.2, -0.15) is 0 Å². The van der Waals surface area contributed by atoms with E-state index < -0.39 is 19.3 Å². The molecule has 0 aliphatic carbocycles. The van der Waals surface area contributed by atoms with E-state index in [0.717, 1.165) is 19.3 Å². The van der Waals surface area contributed by atoms with Crippen LogP contribution in [0.2, 0.25) is 18.1 Å². The molecule has 0 aromatic rings. The molecule has 5 atom stereocenters. The number of carbonyl (C=O) groups is 1. The summed E-state index contributed by atoms with van der Waals surface area (Å²) in [6, 6.07) is -0.0641. The number of carbonyl (C=O) groups excluding carboxylic acids is 1. The van der Waals surface area contributed by atoms with Crippen molar-refractivity contribution >= 4 is 14.3 Å². The van der Waals surface area contributed by atoms with Crippen molar-refractivity contribution in [3.8, 4) is 0 Å². The van der Waals surface area contributed by atoms with Crippen LogP contribution >= 0.6 is 0 Å². The molecule has 31 heavy (non-hydrogen) atoms. The van der Waals surface area contributed by atoms with Crippen molar-refractivity contribution in [2.45, 2.75) is 122 Å². The van der Waals surface area contributed by atoms with Crippen molar-refractivity contribution in [3.63, 3.8) is 0 Å². The molecule has 7 heteroatoms. The maximum atomic E-state index is 12.2. The molecule has 1 unspecified atom stereocenters. The smallest absolute Gasteiger partial charge is 0.311 e. The first kappa shape index (κ1) is 26.3. The number of rotatable bonds is 7. The molecule has 2 rings (SSSR count). The lowest BCUT2D eigenvalue weighted by Crippen LogP contribution is -2.55. The molecule has 2 heterocycles. The van der Waals surface area contributed by atoms with Crippen LogP contribution < -0.4 is 0 Å². The molecule has 6 nitrogen and oxygen atoms in total. The largest absolute Gasteiger partial charge is 0.463 e. The fourth-order valence-electron chi connectivity index (χ4n) is 3.89. The third-order valence-corrected chi connectivity index (χ3v) is 11.5. The Morgan fingerprint density at radius 3 is 2.39 bits per heavy atom. The first-order valence-electron chi connectivity index (χ1n) is 11.6. The molecule has 2 aliphatic heterocycles. The third-order valence-electron chi connectivity index (χ3n) is 6.99. The minimum absolute atomic E-state index is 0.0304. The van der Waals surface area contributed by atoms with Crippen LogP contribution in [0.15, 0.2) is 0 Å². The quantitative estimate of drug-likeness (QED) is 0.295. The number of hydrogen-bond donors (Lipinski definition) is 0. The summed E-state index contributed by atoms with van der Waals surface area (Å²) in [5.74, 6) is -0.220. The fourth-order valence-corrected chi connectivity index (χ4v) is 4.93. The SMILES string of the molecule is [C-]#[N+][C@H](C)CC1CC[C@@H]2O[C@@H](COC(=O)C(C)(C)C)C[C@]2(CO[Si](C)(C)C(C)(C)C)O1. The highest BCUT2D eigenvalue weighted by atomic mass is 28.4. The Kier molecular flexibility index (Phi) is 8.07. The van der Waals surface area contributed by atoms with Gasteiger partial charge < -0.3 is 23.5 Å². The molecule has 2 saturated heterocycles. The van der Waals surface area contributed by atoms with Gasteiger partial charge in [-0.25, -0.2) is 6.57 Å². The van der Waals surface area contributed by atoms with Gasteiger partial charge in [0.1, 0.15) is 12.2 Å². The van der Waals surface area contributed by atoms with Crippen molar-refractivity contribution in [1.82, 2.24) is 0 Å². The van der Waals surface area contributed by atoms with Crippen molar-refractivity contribution in [1.29, 1.82) is 0 Å². The number of hydrogen-bond acceptors (Lipinski definition) is 5. The predicted octanol–water partition coefficient (Wildman–Crippen LogP) is 5.37. The molecule has 0 aromatic heterocycles. The molecule has 178 valence electrons. The Hall–Kier alpha value is -0.943. The van der Waals surface area contributed by atoms with Gasteiger partial charge in [0, 0.05) is 19.8 Å². The van der Waals surface area contributed by atoms with Crippen LogP contribution in [0, 0.1) is 12.0 Å². The Labute approximate surface area is 190 Å². The summed E-state index contributed by atoms with van der Waals surface area (Å²) in [5, 5.41) is 0.104. The van der Waals surface area contributed by atoms with Crippen molar-refractivity contribution in [2.75, 3.05) is 13.2 Å². The molecule has 2 aliphatic rings. The number of nitrogens with zero attached hydrogens (tertiary/aromatic N) is 1. The molecule has 2 fully saturated rings. The monoisotopic (exact) mass is 453 g/mol. The van der Waals surface area contributed by atoms with Crippen molar-refractivity contribution in [2.24, 2.45) is 5.41 Å². The average molecular weight is 454 g/mol. The summed E-state index contributed by atoms with van der Waals surface area (Å²) in [6.07, 6.45) is 2.88. The van der Waals surface area contributed by atoms with Gasteiger partial charge in [0.25, 0.3) is 0 Å². The highest BCUT2D eigenvalue weighted by Crippen LogP contribution is 2.45. The fraction of sp³-hybridized carbons (Fsp3) is 0.917. The number of ether oxygens (including phenoxy) is 3. The van der Waals surface area contributed by atoms with Crippen LogP contribution in [0.4, 0.5) is 0 Å². The summed E-state index contributed by atoms with van der Waals surface area (Å²) in [5.41, 5.74) is -1.08. The van der Waals surface area contributed by atoms with Gasteiger partial charge in [-0.05, 0) is 51.7 Å². The molecule has 0 radical (unpaired) electrons. The highest BCUT2D eigenvalue weighted by molar-refractivity contribution is 6.74. The molecule has 0 saturated carbocycles. The van der Waals surface area contributed by atoms with Crippen LogP contribution in [0.5, 0.6) is 0 Å². The van der Waals surface area contributed by atoms with E-state index in [1.165, 1.54) is 0 Å². The molecule has 0 spiro atoms. The van der Waals surface area contributed by atoms with Gasteiger partial charge >= 0.3 is 5.97 Å². The second-order valence-corrected chi connectivity index (χ2v) is 16.8. The van der Waals surface area contributed by atoms with Crippen LogP contribution in [-0.4, -0.2) is 57.5 Å². The maximum Gasteiger partial charge on any atom is 0.311 e. The summed E-state index contributed by atoms with van der Waals surface area (Å²) in [6.45, 7) is 26.7. The summed E-state index contributed by atoms with van der Waals surface area (Å²) in [4.78, 5) is 15.9. The second kappa shape index (κ2) is 9.50. The van der Waals surface area contributed by atoms with Crippen LogP contribution in [-0.2, 0) is 23.4 Å². The Morgan fingerprint density at radius 1 is 1.19 bits per heavy atom. The van der Waals surface area contributed by atoms with Gasteiger partial charge in [0.05, 0.1) is 30.3 Å². The van der Waals surface area contributed by atoms with E-state index >= 15 is 0 Å². The van der Waals surface area contributed by atoms with E-state index in [1.807, 2.05) is 27.7 Å². The van der Waals surface area contributed by atoms with E-state index in [0.29, 0.717) is 13.0 Å². The third kappa shape index (κ3) is 6.53. The molecular weight excluding hydrogens is 410 g/mol. The van der Waals surface area contributed by atoms with E-state index in [2.05, 4.69) is 38.7 Å². The highest BCUT2D eigenvalue weighted by Gasteiger charge is 2.55. The molecule has 0 bridgehead atoms. The summed E-state index contributed by atoms with van der Waals surface area (Å²) in [7, 11) is -1.97. The number of fused-ring (bicyclic) bond motifs is 1. The molecular formula is C24H43NO5Si. The van der Waals surface area contributed by atoms with Gasteiger partial charge in [0.15, 0.2) is 8.32 Å². The standard InChI is InChI=1S/C24H43NO5Si/c1-17(25-8)13-18-11-12-20-24(30-18,16-28-31(9,10)23(5,6)7)14-19(29-20)15-27-21(26)22(2,3)4/h17-20H,11-16H2,1-7,9-10H3/t17-,18?,19-,20+,24-/m1/s1. The Bertz CT molecular complexity index is 675. The zero-order chi connectivity index (χ0) is 23.7. The minimum Gasteiger partial charge on any atom is -0.463 e. The maximum absolute atomic E-state index is 12.2. The van der Waals surface area contributed by atoms with Crippen LogP contribution in [0.1, 0.15) is 74.1 Å². The first-order valence-corrected chi connectivity index (χ1v) is 14.5. The van der Waals surface area contributed by atoms with E-state index in [9.17, 15) is 4.79 Å². The van der Waals surface area contributed by atoms with E-state index in [-0.39, 0.29) is 42.0 Å². The normalized spacial score (nSPS) is 30.4. The molecule has 0 amide bonds. The lowest BCUT2D eigenvalue weighted by Gasteiger charge is -2.45. The lowest BCUT2D eigenvalue weighted by atomic mass is 9.86. The zero-order valence-electron chi connectivity index (χ0n) is 21.0.